The number of esters is 1. The van der Waals surface area contributed by atoms with Crippen molar-refractivity contribution < 1.29 is 29.6 Å². The third-order valence-electron chi connectivity index (χ3n) is 3.78. The molecule has 7 heteroatoms. The van der Waals surface area contributed by atoms with Crippen molar-refractivity contribution in [2.45, 2.75) is 38.4 Å². The quantitative estimate of drug-likeness (QED) is 0.610. The number of aromatic hydroxyl groups is 2. The van der Waals surface area contributed by atoms with Crippen LogP contribution in [-0.4, -0.2) is 39.3 Å². The van der Waals surface area contributed by atoms with Gasteiger partial charge in [0.15, 0.2) is 5.78 Å². The van der Waals surface area contributed by atoms with Gasteiger partial charge in [0.1, 0.15) is 17.1 Å². The second kappa shape index (κ2) is 8.18. The number of cyclic esters (lactones) is 1. The van der Waals surface area contributed by atoms with Gasteiger partial charge >= 0.3 is 5.97 Å². The molecule has 134 valence electrons. The Hall–Kier alpha value is -2.31. The van der Waals surface area contributed by atoms with Crippen molar-refractivity contribution in [2.75, 3.05) is 0 Å². The standard InChI is InChI=1S/C18H19ClO6/c1-10-6-7-11(20)4-2-3-5-12(21)8-13-16(18(24)25-10)14(22)9-15(23)17(13)19/h2-5,9-11,20,22-23H,6-8H2,1H3/b4-2+,5-3-. The summed E-state index contributed by atoms with van der Waals surface area (Å²) >= 11 is 6.03. The van der Waals surface area contributed by atoms with E-state index in [2.05, 4.69) is 0 Å². The van der Waals surface area contributed by atoms with Gasteiger partial charge in [0.2, 0.25) is 0 Å². The van der Waals surface area contributed by atoms with Crippen molar-refractivity contribution >= 4 is 23.4 Å². The zero-order chi connectivity index (χ0) is 18.6. The highest BCUT2D eigenvalue weighted by Crippen LogP contribution is 2.37. The van der Waals surface area contributed by atoms with Gasteiger partial charge in [0.25, 0.3) is 0 Å². The highest BCUT2D eigenvalue weighted by molar-refractivity contribution is 6.33. The molecule has 0 aromatic heterocycles. The van der Waals surface area contributed by atoms with Gasteiger partial charge < -0.3 is 20.1 Å². The van der Waals surface area contributed by atoms with Gasteiger partial charge in [-0.05, 0) is 25.8 Å². The Kier molecular flexibility index (Phi) is 6.22. The number of hydrogen-bond acceptors (Lipinski definition) is 6. The van der Waals surface area contributed by atoms with Crippen LogP contribution in [0.25, 0.3) is 0 Å². The highest BCUT2D eigenvalue weighted by Gasteiger charge is 2.26. The molecule has 3 N–H and O–H groups in total. The van der Waals surface area contributed by atoms with Gasteiger partial charge in [0, 0.05) is 18.1 Å². The van der Waals surface area contributed by atoms with E-state index >= 15 is 0 Å². The van der Waals surface area contributed by atoms with Crippen LogP contribution in [0.5, 0.6) is 11.5 Å². The third-order valence-corrected chi connectivity index (χ3v) is 4.20. The Labute approximate surface area is 150 Å². The SMILES string of the molecule is CC1CCC(O)/C=C/C=C\C(=O)Cc2c(Cl)c(O)cc(O)c2C(=O)O1. The number of rotatable bonds is 0. The summed E-state index contributed by atoms with van der Waals surface area (Å²) in [6.45, 7) is 1.66. The molecule has 0 spiro atoms. The maximum Gasteiger partial charge on any atom is 0.342 e. The molecule has 0 amide bonds. The molecule has 0 aliphatic carbocycles. The fraction of sp³-hybridized carbons (Fsp3) is 0.333. The van der Waals surface area contributed by atoms with E-state index in [9.17, 15) is 24.9 Å². The van der Waals surface area contributed by atoms with Crippen LogP contribution >= 0.6 is 11.6 Å². The average molecular weight is 367 g/mol. The van der Waals surface area contributed by atoms with E-state index in [0.29, 0.717) is 12.8 Å². The van der Waals surface area contributed by atoms with E-state index in [1.807, 2.05) is 0 Å². The lowest BCUT2D eigenvalue weighted by molar-refractivity contribution is -0.114. The molecule has 0 bridgehead atoms. The van der Waals surface area contributed by atoms with Gasteiger partial charge in [-0.15, -0.1) is 0 Å². The van der Waals surface area contributed by atoms with Crippen LogP contribution in [0, 0.1) is 0 Å². The Balaban J connectivity index is 2.49. The van der Waals surface area contributed by atoms with Gasteiger partial charge in [0.05, 0.1) is 17.2 Å². The summed E-state index contributed by atoms with van der Waals surface area (Å²) in [7, 11) is 0. The second-order valence-corrected chi connectivity index (χ2v) is 6.21. The molecule has 0 fully saturated rings. The molecule has 1 aromatic carbocycles. The van der Waals surface area contributed by atoms with E-state index in [1.54, 1.807) is 13.0 Å². The topological polar surface area (TPSA) is 104 Å². The van der Waals surface area contributed by atoms with Crippen LogP contribution in [0.1, 0.15) is 35.7 Å². The highest BCUT2D eigenvalue weighted by atomic mass is 35.5. The summed E-state index contributed by atoms with van der Waals surface area (Å²) in [5.74, 6) is -2.19. The van der Waals surface area contributed by atoms with E-state index < -0.39 is 35.5 Å². The minimum atomic E-state index is -0.847. The molecule has 25 heavy (non-hydrogen) atoms. The number of phenolic OH excluding ortho intramolecular Hbond substituents is 2. The van der Waals surface area contributed by atoms with Crippen LogP contribution in [-0.2, 0) is 16.0 Å². The Bertz CT molecular complexity index is 738. The molecule has 1 heterocycles. The smallest absolute Gasteiger partial charge is 0.342 e. The van der Waals surface area contributed by atoms with Crippen molar-refractivity contribution in [1.82, 2.24) is 0 Å². The molecule has 0 saturated carbocycles. The van der Waals surface area contributed by atoms with Gasteiger partial charge in [-0.2, -0.15) is 0 Å². The number of aliphatic hydroxyl groups is 1. The summed E-state index contributed by atoms with van der Waals surface area (Å²) in [6.07, 6.45) is 5.02. The predicted molar refractivity (Wildman–Crippen MR) is 91.9 cm³/mol. The summed E-state index contributed by atoms with van der Waals surface area (Å²) in [6, 6.07) is 0.934. The molecule has 2 atom stereocenters. The number of hydrogen-bond donors (Lipinski definition) is 3. The van der Waals surface area contributed by atoms with E-state index in [-0.39, 0.29) is 22.6 Å². The van der Waals surface area contributed by atoms with Gasteiger partial charge in [-0.3, -0.25) is 4.79 Å². The van der Waals surface area contributed by atoms with Crippen molar-refractivity contribution in [3.63, 3.8) is 0 Å². The first-order valence-electron chi connectivity index (χ1n) is 7.79. The van der Waals surface area contributed by atoms with Crippen molar-refractivity contribution in [1.29, 1.82) is 0 Å². The van der Waals surface area contributed by atoms with Crippen molar-refractivity contribution in [2.24, 2.45) is 0 Å². The minimum absolute atomic E-state index is 0.00657. The first-order valence-corrected chi connectivity index (χ1v) is 8.17. The molecule has 1 aliphatic rings. The number of benzene rings is 1. The normalized spacial score (nSPS) is 24.8. The molecule has 1 aliphatic heterocycles. The molecule has 2 unspecified atom stereocenters. The van der Waals surface area contributed by atoms with E-state index in [4.69, 9.17) is 16.3 Å². The molecule has 1 aromatic rings. The molecule has 2 rings (SSSR count). The molecular weight excluding hydrogens is 348 g/mol. The van der Waals surface area contributed by atoms with Crippen LogP contribution in [0.4, 0.5) is 0 Å². The van der Waals surface area contributed by atoms with Gasteiger partial charge in [-0.25, -0.2) is 4.79 Å². The van der Waals surface area contributed by atoms with Crippen molar-refractivity contribution in [3.05, 3.63) is 46.5 Å². The number of allylic oxidation sites excluding steroid dienone is 3. The maximum atomic E-state index is 12.4. The van der Waals surface area contributed by atoms with Crippen molar-refractivity contribution in [3.8, 4) is 11.5 Å². The lowest BCUT2D eigenvalue weighted by Gasteiger charge is -2.18. The third kappa shape index (κ3) is 4.84. The van der Waals surface area contributed by atoms with E-state index in [0.717, 1.165) is 6.07 Å². The second-order valence-electron chi connectivity index (χ2n) is 5.83. The fourth-order valence-electron chi connectivity index (χ4n) is 2.47. The zero-order valence-corrected chi connectivity index (χ0v) is 14.4. The number of aliphatic hydroxyl groups excluding tert-OH is 1. The Morgan fingerprint density at radius 2 is 1.88 bits per heavy atom. The monoisotopic (exact) mass is 366 g/mol. The number of ketones is 1. The van der Waals surface area contributed by atoms with Crippen LogP contribution in [0.2, 0.25) is 5.02 Å². The lowest BCUT2D eigenvalue weighted by Crippen LogP contribution is -2.19. The molecule has 0 radical (unpaired) electrons. The maximum absolute atomic E-state index is 12.4. The predicted octanol–water partition coefficient (Wildman–Crippen LogP) is 2.68. The summed E-state index contributed by atoms with van der Waals surface area (Å²) in [5, 5.41) is 29.4. The molecule has 0 saturated heterocycles. The summed E-state index contributed by atoms with van der Waals surface area (Å²) < 4.78 is 5.28. The minimum Gasteiger partial charge on any atom is -0.507 e. The van der Waals surface area contributed by atoms with E-state index in [1.165, 1.54) is 18.2 Å². The van der Waals surface area contributed by atoms with Gasteiger partial charge in [-0.1, -0.05) is 29.8 Å². The number of halogens is 1. The number of phenols is 2. The largest absolute Gasteiger partial charge is 0.507 e. The summed E-state index contributed by atoms with van der Waals surface area (Å²) in [4.78, 5) is 24.5. The number of fused-ring (bicyclic) bond motifs is 1. The number of carbonyl (C=O) groups excluding carboxylic acids is 2. The zero-order valence-electron chi connectivity index (χ0n) is 13.6. The first-order chi connectivity index (χ1) is 11.8. The number of carbonyl (C=O) groups is 2. The first kappa shape index (κ1) is 19.0. The lowest BCUT2D eigenvalue weighted by atomic mass is 9.99. The van der Waals surface area contributed by atoms with Crippen LogP contribution in [0.15, 0.2) is 30.4 Å². The Morgan fingerprint density at radius 3 is 2.60 bits per heavy atom. The fourth-order valence-corrected chi connectivity index (χ4v) is 2.68. The van der Waals surface area contributed by atoms with Crippen LogP contribution in [0.3, 0.4) is 0 Å². The summed E-state index contributed by atoms with van der Waals surface area (Å²) in [5.41, 5.74) is -0.239. The Morgan fingerprint density at radius 1 is 1.16 bits per heavy atom. The number of ether oxygens (including phenoxy) is 1. The van der Waals surface area contributed by atoms with Crippen LogP contribution < -0.4 is 0 Å². The molecular formula is C18H19ClO6. The molecule has 6 nitrogen and oxygen atoms in total. The average Bonchev–Trinajstić information content (AvgIpc) is 2.53.